The number of hydrogen-bond acceptors (Lipinski definition) is 6. The summed E-state index contributed by atoms with van der Waals surface area (Å²) in [5.74, 6) is 0.978. The molecule has 30 heavy (non-hydrogen) atoms. The lowest BCUT2D eigenvalue weighted by Gasteiger charge is -2.12. The number of methoxy groups -OCH3 is 1. The molecule has 0 radical (unpaired) electrons. The molecule has 0 bridgehead atoms. The van der Waals surface area contributed by atoms with Crippen LogP contribution >= 0.6 is 11.8 Å². The van der Waals surface area contributed by atoms with E-state index in [1.54, 1.807) is 7.11 Å². The van der Waals surface area contributed by atoms with Gasteiger partial charge in [-0.1, -0.05) is 54.9 Å². The Hall–Kier alpha value is -2.87. The van der Waals surface area contributed by atoms with Gasteiger partial charge in [0.25, 0.3) is 0 Å². The first-order valence-corrected chi connectivity index (χ1v) is 11.1. The van der Waals surface area contributed by atoms with Crippen molar-refractivity contribution in [1.82, 2.24) is 20.2 Å². The molecule has 4 rings (SSSR count). The van der Waals surface area contributed by atoms with Gasteiger partial charge in [-0.25, -0.2) is 4.68 Å². The Labute approximate surface area is 180 Å². The Morgan fingerprint density at radius 2 is 2.00 bits per heavy atom. The Morgan fingerprint density at radius 3 is 2.77 bits per heavy atom. The number of nitrogens with zero attached hydrogens (tertiary/aromatic N) is 4. The molecule has 1 fully saturated rings. The van der Waals surface area contributed by atoms with E-state index in [0.717, 1.165) is 36.3 Å². The third kappa shape index (κ3) is 4.99. The fraction of sp³-hybridized carbons (Fsp3) is 0.364. The van der Waals surface area contributed by atoms with E-state index < -0.39 is 0 Å². The van der Waals surface area contributed by atoms with Gasteiger partial charge >= 0.3 is 0 Å². The lowest BCUT2D eigenvalue weighted by atomic mass is 10.0. The van der Waals surface area contributed by atoms with Crippen LogP contribution in [-0.2, 0) is 11.2 Å². The topological polar surface area (TPSA) is 81.9 Å². The Kier molecular flexibility index (Phi) is 6.63. The van der Waals surface area contributed by atoms with Gasteiger partial charge in [0.05, 0.1) is 18.9 Å². The van der Waals surface area contributed by atoms with E-state index in [1.807, 2.05) is 41.1 Å². The summed E-state index contributed by atoms with van der Waals surface area (Å²) < 4.78 is 7.37. The molecule has 156 valence electrons. The molecule has 7 nitrogen and oxygen atoms in total. The second-order valence-corrected chi connectivity index (χ2v) is 8.31. The minimum atomic E-state index is -0.0863. The number of thioether (sulfide) groups is 1. The summed E-state index contributed by atoms with van der Waals surface area (Å²) in [6, 6.07) is 16.3. The average molecular weight is 424 g/mol. The van der Waals surface area contributed by atoms with Crippen LogP contribution in [0, 0.1) is 0 Å². The predicted molar refractivity (Wildman–Crippen MR) is 117 cm³/mol. The van der Waals surface area contributed by atoms with Crippen molar-refractivity contribution in [2.45, 2.75) is 43.3 Å². The zero-order chi connectivity index (χ0) is 20.8. The van der Waals surface area contributed by atoms with Crippen LogP contribution in [0.5, 0.6) is 5.75 Å². The number of nitrogens with one attached hydrogen (secondary N) is 1. The van der Waals surface area contributed by atoms with Crippen molar-refractivity contribution >= 4 is 23.4 Å². The van der Waals surface area contributed by atoms with Gasteiger partial charge < -0.3 is 10.1 Å². The van der Waals surface area contributed by atoms with Gasteiger partial charge in [0.15, 0.2) is 0 Å². The molecule has 1 aromatic heterocycles. The van der Waals surface area contributed by atoms with Gasteiger partial charge in [-0.05, 0) is 47.0 Å². The lowest BCUT2D eigenvalue weighted by Crippen LogP contribution is -2.15. The minimum absolute atomic E-state index is 0.0863. The van der Waals surface area contributed by atoms with Crippen LogP contribution in [-0.4, -0.2) is 39.0 Å². The number of benzene rings is 2. The summed E-state index contributed by atoms with van der Waals surface area (Å²) >= 11 is 1.37. The first-order chi connectivity index (χ1) is 14.7. The Balaban J connectivity index is 1.38. The quantitative estimate of drug-likeness (QED) is 0.549. The molecular weight excluding hydrogens is 398 g/mol. The van der Waals surface area contributed by atoms with Gasteiger partial charge in [0, 0.05) is 17.7 Å². The van der Waals surface area contributed by atoms with E-state index in [9.17, 15) is 4.79 Å². The monoisotopic (exact) mass is 423 g/mol. The maximum atomic E-state index is 12.5. The zero-order valence-electron chi connectivity index (χ0n) is 17.0. The molecule has 1 aliphatic carbocycles. The molecular formula is C22H25N5O2S. The van der Waals surface area contributed by atoms with Crippen LogP contribution in [0.4, 0.5) is 5.69 Å². The number of rotatable bonds is 8. The third-order valence-electron chi connectivity index (χ3n) is 5.27. The highest BCUT2D eigenvalue weighted by Gasteiger charge is 2.22. The van der Waals surface area contributed by atoms with Crippen LogP contribution in [0.25, 0.3) is 0 Å². The molecule has 0 aliphatic heterocycles. The molecule has 8 heteroatoms. The van der Waals surface area contributed by atoms with Crippen molar-refractivity contribution < 1.29 is 9.53 Å². The number of carbonyl (C=O) groups is 1. The number of ether oxygens (including phenoxy) is 1. The fourth-order valence-corrected chi connectivity index (χ4v) is 4.54. The fourth-order valence-electron chi connectivity index (χ4n) is 3.80. The van der Waals surface area contributed by atoms with Gasteiger partial charge in [0.1, 0.15) is 5.75 Å². The maximum Gasteiger partial charge on any atom is 0.234 e. The van der Waals surface area contributed by atoms with Crippen LogP contribution in [0.2, 0.25) is 0 Å². The van der Waals surface area contributed by atoms with Crippen LogP contribution < -0.4 is 10.1 Å². The SMILES string of the molecule is COc1ccc(NC(=O)CSc2nnnn2C2CCCC2)cc1Cc1ccccc1. The largest absolute Gasteiger partial charge is 0.496 e. The van der Waals surface area contributed by atoms with Crippen molar-refractivity contribution in [3.63, 3.8) is 0 Å². The van der Waals surface area contributed by atoms with Gasteiger partial charge in [-0.2, -0.15) is 0 Å². The first-order valence-electron chi connectivity index (χ1n) is 10.1. The van der Waals surface area contributed by atoms with Crippen molar-refractivity contribution in [3.8, 4) is 5.75 Å². The van der Waals surface area contributed by atoms with Gasteiger partial charge in [0.2, 0.25) is 11.1 Å². The zero-order valence-corrected chi connectivity index (χ0v) is 17.8. The van der Waals surface area contributed by atoms with Crippen LogP contribution in [0.15, 0.2) is 53.7 Å². The summed E-state index contributed by atoms with van der Waals surface area (Å²) in [5, 5.41) is 15.7. The second kappa shape index (κ2) is 9.75. The average Bonchev–Trinajstić information content (AvgIpc) is 3.45. The third-order valence-corrected chi connectivity index (χ3v) is 6.20. The summed E-state index contributed by atoms with van der Waals surface area (Å²) in [7, 11) is 1.66. The van der Waals surface area contributed by atoms with Gasteiger partial charge in [-0.15, -0.1) is 5.10 Å². The van der Waals surface area contributed by atoms with E-state index in [1.165, 1.54) is 30.2 Å². The Bertz CT molecular complexity index is 986. The van der Waals surface area contributed by atoms with Crippen LogP contribution in [0.1, 0.15) is 42.9 Å². The molecule has 1 saturated carbocycles. The number of amides is 1. The highest BCUT2D eigenvalue weighted by Crippen LogP contribution is 2.31. The predicted octanol–water partition coefficient (Wildman–Crippen LogP) is 4.12. The Morgan fingerprint density at radius 1 is 1.20 bits per heavy atom. The second-order valence-electron chi connectivity index (χ2n) is 7.37. The normalized spacial score (nSPS) is 14.0. The summed E-state index contributed by atoms with van der Waals surface area (Å²) in [4.78, 5) is 12.5. The molecule has 0 unspecified atom stereocenters. The molecule has 3 aromatic rings. The number of hydrogen-bond donors (Lipinski definition) is 1. The minimum Gasteiger partial charge on any atom is -0.496 e. The molecule has 0 spiro atoms. The standard InChI is InChI=1S/C22H25N5O2S/c1-29-20-12-11-18(14-17(20)13-16-7-3-2-4-8-16)23-21(28)15-30-22-24-25-26-27(22)19-9-5-6-10-19/h2-4,7-8,11-12,14,19H,5-6,9-10,13,15H2,1H3,(H,23,28). The molecule has 2 aromatic carbocycles. The van der Waals surface area contributed by atoms with E-state index in [4.69, 9.17) is 4.74 Å². The summed E-state index contributed by atoms with van der Waals surface area (Å²) in [5.41, 5.74) is 2.97. The summed E-state index contributed by atoms with van der Waals surface area (Å²) in [6.45, 7) is 0. The summed E-state index contributed by atoms with van der Waals surface area (Å²) in [6.07, 6.45) is 5.34. The van der Waals surface area contributed by atoms with Crippen molar-refractivity contribution in [2.24, 2.45) is 0 Å². The molecule has 0 atom stereocenters. The number of anilines is 1. The van der Waals surface area contributed by atoms with Crippen molar-refractivity contribution in [3.05, 3.63) is 59.7 Å². The lowest BCUT2D eigenvalue weighted by molar-refractivity contribution is -0.113. The van der Waals surface area contributed by atoms with E-state index in [0.29, 0.717) is 11.2 Å². The smallest absolute Gasteiger partial charge is 0.234 e. The van der Waals surface area contributed by atoms with Crippen molar-refractivity contribution in [2.75, 3.05) is 18.2 Å². The van der Waals surface area contributed by atoms with Crippen molar-refractivity contribution in [1.29, 1.82) is 0 Å². The molecule has 0 saturated heterocycles. The molecule has 1 N–H and O–H groups in total. The van der Waals surface area contributed by atoms with Gasteiger partial charge in [-0.3, -0.25) is 4.79 Å². The number of aromatic nitrogens is 4. The molecule has 1 amide bonds. The highest BCUT2D eigenvalue weighted by molar-refractivity contribution is 7.99. The maximum absolute atomic E-state index is 12.5. The molecule has 1 heterocycles. The highest BCUT2D eigenvalue weighted by atomic mass is 32.2. The van der Waals surface area contributed by atoms with E-state index in [-0.39, 0.29) is 11.7 Å². The number of carbonyl (C=O) groups excluding carboxylic acids is 1. The number of tetrazole rings is 1. The molecule has 1 aliphatic rings. The van der Waals surface area contributed by atoms with E-state index >= 15 is 0 Å². The van der Waals surface area contributed by atoms with E-state index in [2.05, 4.69) is 33.0 Å². The first kappa shape index (κ1) is 20.4. The van der Waals surface area contributed by atoms with Crippen LogP contribution in [0.3, 0.4) is 0 Å².